The maximum Gasteiger partial charge on any atom is 0.335 e. The van der Waals surface area contributed by atoms with E-state index in [4.69, 9.17) is 16.7 Å². The summed E-state index contributed by atoms with van der Waals surface area (Å²) in [6.45, 7) is 2.90. The van der Waals surface area contributed by atoms with Crippen LogP contribution in [0, 0.1) is 5.82 Å². The minimum absolute atomic E-state index is 0.145. The number of aromatic carboxylic acids is 1. The van der Waals surface area contributed by atoms with Crippen LogP contribution in [0.2, 0.25) is 5.02 Å². The molecule has 6 heteroatoms. The lowest BCUT2D eigenvalue weighted by Crippen LogP contribution is -2.34. The minimum atomic E-state index is -0.945. The molecule has 26 heavy (non-hydrogen) atoms. The van der Waals surface area contributed by atoms with E-state index in [2.05, 4.69) is 10.2 Å². The van der Waals surface area contributed by atoms with Crippen LogP contribution in [0.3, 0.4) is 0 Å². The lowest BCUT2D eigenvalue weighted by atomic mass is 10.0. The van der Waals surface area contributed by atoms with Crippen molar-refractivity contribution in [2.75, 3.05) is 19.6 Å². The first-order chi connectivity index (χ1) is 12.6. The van der Waals surface area contributed by atoms with Gasteiger partial charge in [0.2, 0.25) is 0 Å². The highest BCUT2D eigenvalue weighted by atomic mass is 35.5. The normalized spacial score (nSPS) is 15.9. The van der Waals surface area contributed by atoms with Gasteiger partial charge in [-0.1, -0.05) is 29.8 Å². The van der Waals surface area contributed by atoms with Crippen molar-refractivity contribution in [3.05, 3.63) is 70.0 Å². The summed E-state index contributed by atoms with van der Waals surface area (Å²) in [5, 5.41) is 12.9. The molecule has 1 fully saturated rings. The minimum Gasteiger partial charge on any atom is -0.478 e. The molecule has 1 aliphatic heterocycles. The van der Waals surface area contributed by atoms with E-state index in [9.17, 15) is 9.18 Å². The zero-order valence-electron chi connectivity index (χ0n) is 14.4. The van der Waals surface area contributed by atoms with Gasteiger partial charge in [-0.2, -0.15) is 0 Å². The number of carboxylic acids is 1. The Balaban J connectivity index is 1.73. The van der Waals surface area contributed by atoms with Crippen LogP contribution >= 0.6 is 11.6 Å². The third-order valence-corrected chi connectivity index (χ3v) is 5.08. The van der Waals surface area contributed by atoms with Gasteiger partial charge in [-0.15, -0.1) is 0 Å². The van der Waals surface area contributed by atoms with Gasteiger partial charge in [0.1, 0.15) is 5.82 Å². The zero-order valence-corrected chi connectivity index (χ0v) is 15.2. The van der Waals surface area contributed by atoms with Crippen LogP contribution in [0.25, 0.3) is 0 Å². The Morgan fingerprint density at radius 1 is 1.23 bits per heavy atom. The smallest absolute Gasteiger partial charge is 0.335 e. The molecule has 1 heterocycles. The third-order valence-electron chi connectivity index (χ3n) is 4.76. The number of hydrogen-bond donors (Lipinski definition) is 2. The van der Waals surface area contributed by atoms with Gasteiger partial charge in [0, 0.05) is 23.7 Å². The fourth-order valence-electron chi connectivity index (χ4n) is 3.46. The molecular weight excluding hydrogens is 355 g/mol. The van der Waals surface area contributed by atoms with Crippen LogP contribution in [0.1, 0.15) is 40.4 Å². The Hall–Kier alpha value is -1.95. The van der Waals surface area contributed by atoms with Gasteiger partial charge >= 0.3 is 5.97 Å². The van der Waals surface area contributed by atoms with E-state index in [0.29, 0.717) is 23.7 Å². The molecule has 0 saturated carbocycles. The molecule has 4 nitrogen and oxygen atoms in total. The number of hydrogen-bond acceptors (Lipinski definition) is 3. The van der Waals surface area contributed by atoms with E-state index < -0.39 is 5.97 Å². The van der Waals surface area contributed by atoms with Crippen LogP contribution in [0.5, 0.6) is 0 Å². The summed E-state index contributed by atoms with van der Waals surface area (Å²) >= 11 is 6.29. The van der Waals surface area contributed by atoms with E-state index in [1.807, 2.05) is 6.07 Å². The number of rotatable bonds is 7. The Kier molecular flexibility index (Phi) is 6.25. The van der Waals surface area contributed by atoms with Crippen molar-refractivity contribution >= 4 is 17.6 Å². The Labute approximate surface area is 157 Å². The van der Waals surface area contributed by atoms with E-state index in [-0.39, 0.29) is 17.4 Å². The summed E-state index contributed by atoms with van der Waals surface area (Å²) in [5.41, 5.74) is 1.67. The van der Waals surface area contributed by atoms with Crippen LogP contribution < -0.4 is 5.32 Å². The predicted octanol–water partition coefficient (Wildman–Crippen LogP) is 4.10. The van der Waals surface area contributed by atoms with Crippen molar-refractivity contribution in [3.63, 3.8) is 0 Å². The third kappa shape index (κ3) is 4.41. The number of benzene rings is 2. The molecule has 2 aromatic rings. The second-order valence-corrected chi connectivity index (χ2v) is 6.94. The van der Waals surface area contributed by atoms with E-state index in [1.54, 1.807) is 30.3 Å². The lowest BCUT2D eigenvalue weighted by molar-refractivity contribution is 0.0696. The zero-order chi connectivity index (χ0) is 18.5. The van der Waals surface area contributed by atoms with Gasteiger partial charge in [-0.05, 0) is 55.8 Å². The number of nitrogens with one attached hydrogen (secondary N) is 1. The first-order valence-corrected chi connectivity index (χ1v) is 9.15. The molecule has 1 unspecified atom stereocenters. The van der Waals surface area contributed by atoms with Gasteiger partial charge < -0.3 is 10.4 Å². The second kappa shape index (κ2) is 8.62. The number of carboxylic acid groups (broad SMARTS) is 1. The van der Waals surface area contributed by atoms with Gasteiger partial charge in [0.05, 0.1) is 11.6 Å². The highest BCUT2D eigenvalue weighted by Gasteiger charge is 2.27. The quantitative estimate of drug-likeness (QED) is 0.763. The molecule has 138 valence electrons. The molecule has 1 atom stereocenters. The number of carbonyl (C=O) groups is 1. The molecule has 0 radical (unpaired) electrons. The molecule has 1 saturated heterocycles. The number of nitrogens with zero attached hydrogens (tertiary/aromatic N) is 1. The summed E-state index contributed by atoms with van der Waals surface area (Å²) < 4.78 is 14.4. The molecule has 2 N–H and O–H groups in total. The molecular formula is C20H22ClFN2O2. The summed E-state index contributed by atoms with van der Waals surface area (Å²) in [5.74, 6) is -1.23. The van der Waals surface area contributed by atoms with Crippen molar-refractivity contribution in [2.45, 2.75) is 25.4 Å². The van der Waals surface area contributed by atoms with Gasteiger partial charge in [-0.3, -0.25) is 4.90 Å². The average molecular weight is 377 g/mol. The Bertz CT molecular complexity index is 758. The highest BCUT2D eigenvalue weighted by molar-refractivity contribution is 6.31. The molecule has 2 aromatic carbocycles. The predicted molar refractivity (Wildman–Crippen MR) is 100 cm³/mol. The van der Waals surface area contributed by atoms with Gasteiger partial charge in [0.15, 0.2) is 0 Å². The first kappa shape index (κ1) is 18.8. The van der Waals surface area contributed by atoms with Crippen molar-refractivity contribution in [3.8, 4) is 0 Å². The average Bonchev–Trinajstić information content (AvgIpc) is 3.14. The topological polar surface area (TPSA) is 52.6 Å². The maximum atomic E-state index is 14.4. The van der Waals surface area contributed by atoms with Gasteiger partial charge in [-0.25, -0.2) is 9.18 Å². The van der Waals surface area contributed by atoms with Crippen LogP contribution in [-0.2, 0) is 6.54 Å². The van der Waals surface area contributed by atoms with Crippen molar-refractivity contribution in [2.24, 2.45) is 0 Å². The van der Waals surface area contributed by atoms with Crippen LogP contribution in [-0.4, -0.2) is 35.6 Å². The molecule has 0 spiro atoms. The fraction of sp³-hybridized carbons (Fsp3) is 0.350. The standard InChI is InChI=1S/C20H22ClFN2O2/c21-16-7-4-8-17(22)19(16)18(24-9-1-2-10-24)13-23-12-14-5-3-6-15(11-14)20(25)26/h3-8,11,18,23H,1-2,9-10,12-13H2,(H,25,26). The van der Waals surface area contributed by atoms with Gasteiger partial charge in [0.25, 0.3) is 0 Å². The number of halogens is 2. The molecule has 0 bridgehead atoms. The van der Waals surface area contributed by atoms with E-state index in [1.165, 1.54) is 6.07 Å². The molecule has 0 aromatic heterocycles. The Morgan fingerprint density at radius 2 is 1.96 bits per heavy atom. The van der Waals surface area contributed by atoms with E-state index >= 15 is 0 Å². The molecule has 0 aliphatic carbocycles. The summed E-state index contributed by atoms with van der Waals surface area (Å²) in [4.78, 5) is 13.3. The van der Waals surface area contributed by atoms with Crippen LogP contribution in [0.4, 0.5) is 4.39 Å². The summed E-state index contributed by atoms with van der Waals surface area (Å²) in [7, 11) is 0. The monoisotopic (exact) mass is 376 g/mol. The first-order valence-electron chi connectivity index (χ1n) is 8.77. The van der Waals surface area contributed by atoms with Crippen LogP contribution in [0.15, 0.2) is 42.5 Å². The SMILES string of the molecule is O=C(O)c1cccc(CNCC(c2c(F)cccc2Cl)N2CCCC2)c1. The maximum absolute atomic E-state index is 14.4. The highest BCUT2D eigenvalue weighted by Crippen LogP contribution is 2.32. The van der Waals surface area contributed by atoms with Crippen molar-refractivity contribution in [1.29, 1.82) is 0 Å². The van der Waals surface area contributed by atoms with E-state index in [0.717, 1.165) is 31.5 Å². The second-order valence-electron chi connectivity index (χ2n) is 6.53. The molecule has 1 aliphatic rings. The Morgan fingerprint density at radius 3 is 2.65 bits per heavy atom. The number of likely N-dealkylation sites (tertiary alicyclic amines) is 1. The summed E-state index contributed by atoms with van der Waals surface area (Å²) in [6.07, 6.45) is 2.20. The van der Waals surface area contributed by atoms with Crippen molar-refractivity contribution in [1.82, 2.24) is 10.2 Å². The van der Waals surface area contributed by atoms with Crippen molar-refractivity contribution < 1.29 is 14.3 Å². The summed E-state index contributed by atoms with van der Waals surface area (Å²) in [6, 6.07) is 11.5. The largest absolute Gasteiger partial charge is 0.478 e. The molecule has 0 amide bonds. The lowest BCUT2D eigenvalue weighted by Gasteiger charge is -2.29. The molecule has 3 rings (SSSR count). The fourth-order valence-corrected chi connectivity index (χ4v) is 3.75.